The maximum atomic E-state index is 14.4. The molecule has 3 atom stereocenters. The number of rotatable bonds is 3. The largest absolute Gasteiger partial charge is 0.382 e. The van der Waals surface area contributed by atoms with Gasteiger partial charge in [0.15, 0.2) is 5.96 Å². The Kier molecular flexibility index (Phi) is 4.27. The van der Waals surface area contributed by atoms with E-state index >= 15 is 0 Å². The summed E-state index contributed by atoms with van der Waals surface area (Å²) in [6.45, 7) is 0.281. The van der Waals surface area contributed by atoms with Crippen molar-refractivity contribution in [2.75, 3.05) is 27.4 Å². The molecule has 2 N–H and O–H groups in total. The molecule has 0 bridgehead atoms. The van der Waals surface area contributed by atoms with Crippen LogP contribution >= 0.6 is 0 Å². The predicted molar refractivity (Wildman–Crippen MR) is 82.2 cm³/mol. The number of guanidine groups is 1. The summed E-state index contributed by atoms with van der Waals surface area (Å²) in [5, 5.41) is 0. The van der Waals surface area contributed by atoms with Crippen LogP contribution in [0.3, 0.4) is 0 Å². The van der Waals surface area contributed by atoms with Crippen LogP contribution in [0.25, 0.3) is 0 Å². The number of nitrogens with two attached hydrogens (primary N) is 1. The number of nitrogens with zero attached hydrogens (tertiary/aromatic N) is 2. The van der Waals surface area contributed by atoms with Crippen LogP contribution in [0.5, 0.6) is 0 Å². The summed E-state index contributed by atoms with van der Waals surface area (Å²) >= 11 is 0. The zero-order valence-corrected chi connectivity index (χ0v) is 13.5. The van der Waals surface area contributed by atoms with Crippen LogP contribution in [-0.4, -0.2) is 50.2 Å². The third-order valence-electron chi connectivity index (χ3n) is 4.65. The molecular formula is C16H19F2N3O3. The van der Waals surface area contributed by atoms with Crippen LogP contribution in [0.2, 0.25) is 0 Å². The Hall–Kier alpha value is -2.06. The van der Waals surface area contributed by atoms with Gasteiger partial charge in [0.2, 0.25) is 5.91 Å². The molecule has 2 heterocycles. The molecule has 130 valence electrons. The highest BCUT2D eigenvalue weighted by Gasteiger charge is 2.54. The average molecular weight is 339 g/mol. The Morgan fingerprint density at radius 3 is 2.92 bits per heavy atom. The number of benzene rings is 1. The molecular weight excluding hydrogens is 320 g/mol. The molecule has 0 spiro atoms. The van der Waals surface area contributed by atoms with Crippen LogP contribution in [0.4, 0.5) is 8.78 Å². The molecule has 24 heavy (non-hydrogen) atoms. The number of fused-ring (bicyclic) bond motifs is 1. The molecule has 1 aromatic rings. The first-order valence-corrected chi connectivity index (χ1v) is 7.58. The summed E-state index contributed by atoms with van der Waals surface area (Å²) in [5.74, 6) is -2.43. The second-order valence-electron chi connectivity index (χ2n) is 6.09. The summed E-state index contributed by atoms with van der Waals surface area (Å²) in [6.07, 6.45) is 0.00782. The highest BCUT2D eigenvalue weighted by Crippen LogP contribution is 2.45. The van der Waals surface area contributed by atoms with E-state index in [2.05, 4.69) is 4.99 Å². The van der Waals surface area contributed by atoms with Gasteiger partial charge in [0.25, 0.3) is 0 Å². The number of hydrogen-bond donors (Lipinski definition) is 1. The van der Waals surface area contributed by atoms with Crippen molar-refractivity contribution in [3.63, 3.8) is 0 Å². The van der Waals surface area contributed by atoms with Crippen molar-refractivity contribution in [2.24, 2.45) is 16.6 Å². The fourth-order valence-corrected chi connectivity index (χ4v) is 3.38. The standard InChI is InChI=1S/C16H19F2N3O3/c1-21-14(22)12-6-10(7-23-2)24-8-16(12,20-15(21)19)11-4-3-9(17)5-13(11)18/h3-5,10,12H,6-8H2,1-2H3,(H2,19,20)/t10-,12-,16+/m0/s1. The van der Waals surface area contributed by atoms with E-state index in [1.807, 2.05) is 0 Å². The topological polar surface area (TPSA) is 77.2 Å². The van der Waals surface area contributed by atoms with Gasteiger partial charge in [0.1, 0.15) is 17.2 Å². The van der Waals surface area contributed by atoms with Crippen molar-refractivity contribution in [1.29, 1.82) is 0 Å². The molecule has 1 fully saturated rings. The molecule has 0 saturated carbocycles. The van der Waals surface area contributed by atoms with E-state index in [0.717, 1.165) is 12.1 Å². The third-order valence-corrected chi connectivity index (χ3v) is 4.65. The highest BCUT2D eigenvalue weighted by molar-refractivity contribution is 6.00. The number of carbonyl (C=O) groups is 1. The number of aliphatic imine (C=N–C) groups is 1. The van der Waals surface area contributed by atoms with Crippen LogP contribution in [-0.2, 0) is 19.8 Å². The van der Waals surface area contributed by atoms with E-state index in [0.29, 0.717) is 13.0 Å². The molecule has 0 aliphatic carbocycles. The van der Waals surface area contributed by atoms with E-state index in [-0.39, 0.29) is 30.1 Å². The van der Waals surface area contributed by atoms with Gasteiger partial charge in [-0.15, -0.1) is 0 Å². The number of carbonyl (C=O) groups excluding carboxylic acids is 1. The zero-order valence-electron chi connectivity index (χ0n) is 13.5. The van der Waals surface area contributed by atoms with E-state index in [1.165, 1.54) is 25.1 Å². The van der Waals surface area contributed by atoms with E-state index in [4.69, 9.17) is 15.2 Å². The Balaban J connectivity index is 2.11. The Morgan fingerprint density at radius 1 is 1.50 bits per heavy atom. The molecule has 0 unspecified atom stereocenters. The van der Waals surface area contributed by atoms with E-state index < -0.39 is 23.1 Å². The van der Waals surface area contributed by atoms with Gasteiger partial charge in [-0.25, -0.2) is 13.8 Å². The minimum absolute atomic E-state index is 0.0197. The van der Waals surface area contributed by atoms with E-state index in [1.54, 1.807) is 0 Å². The van der Waals surface area contributed by atoms with Crippen molar-refractivity contribution in [3.05, 3.63) is 35.4 Å². The van der Waals surface area contributed by atoms with Gasteiger partial charge >= 0.3 is 0 Å². The quantitative estimate of drug-likeness (QED) is 0.891. The van der Waals surface area contributed by atoms with Crippen molar-refractivity contribution in [1.82, 2.24) is 4.90 Å². The number of ether oxygens (including phenoxy) is 2. The summed E-state index contributed by atoms with van der Waals surface area (Å²) < 4.78 is 38.6. The Bertz CT molecular complexity index is 697. The fourth-order valence-electron chi connectivity index (χ4n) is 3.38. The smallest absolute Gasteiger partial charge is 0.235 e. The summed E-state index contributed by atoms with van der Waals surface area (Å²) in [7, 11) is 3.06. The number of halogens is 2. The minimum Gasteiger partial charge on any atom is -0.382 e. The SMILES string of the molecule is COC[C@@H]1C[C@H]2C(=O)N(C)C(N)=N[C@@]2(c2ccc(F)cc2F)CO1. The van der Waals surface area contributed by atoms with Crippen LogP contribution in [0.1, 0.15) is 12.0 Å². The summed E-state index contributed by atoms with van der Waals surface area (Å²) in [4.78, 5) is 18.4. The third kappa shape index (κ3) is 2.55. The molecule has 1 aromatic carbocycles. The lowest BCUT2D eigenvalue weighted by atomic mass is 9.72. The number of amides is 1. The average Bonchev–Trinajstić information content (AvgIpc) is 2.54. The Morgan fingerprint density at radius 2 is 2.25 bits per heavy atom. The first-order chi connectivity index (χ1) is 11.4. The highest BCUT2D eigenvalue weighted by atomic mass is 19.1. The van der Waals surface area contributed by atoms with Gasteiger partial charge in [-0.05, 0) is 12.5 Å². The van der Waals surface area contributed by atoms with Gasteiger partial charge in [0.05, 0.1) is 25.2 Å². The first-order valence-electron chi connectivity index (χ1n) is 7.58. The summed E-state index contributed by atoms with van der Waals surface area (Å²) in [5.41, 5.74) is 4.66. The number of hydrogen-bond acceptors (Lipinski definition) is 5. The van der Waals surface area contributed by atoms with Crippen molar-refractivity contribution >= 4 is 11.9 Å². The monoisotopic (exact) mass is 339 g/mol. The fraction of sp³-hybridized carbons (Fsp3) is 0.500. The molecule has 3 rings (SSSR count). The minimum atomic E-state index is -1.30. The van der Waals surface area contributed by atoms with Crippen molar-refractivity contribution < 1.29 is 23.0 Å². The van der Waals surface area contributed by atoms with Gasteiger partial charge < -0.3 is 15.2 Å². The Labute approximate surface area is 138 Å². The lowest BCUT2D eigenvalue weighted by Crippen LogP contribution is -2.60. The molecule has 2 aliphatic rings. The van der Waals surface area contributed by atoms with Crippen LogP contribution < -0.4 is 5.73 Å². The lowest BCUT2D eigenvalue weighted by molar-refractivity contribution is -0.148. The maximum absolute atomic E-state index is 14.4. The molecule has 1 saturated heterocycles. The zero-order chi connectivity index (χ0) is 17.5. The van der Waals surface area contributed by atoms with Crippen molar-refractivity contribution in [3.8, 4) is 0 Å². The lowest BCUT2D eigenvalue weighted by Gasteiger charge is -2.47. The maximum Gasteiger partial charge on any atom is 0.235 e. The van der Waals surface area contributed by atoms with Gasteiger partial charge in [-0.3, -0.25) is 9.69 Å². The van der Waals surface area contributed by atoms with Gasteiger partial charge in [-0.1, -0.05) is 6.07 Å². The molecule has 0 radical (unpaired) electrons. The molecule has 1 amide bonds. The van der Waals surface area contributed by atoms with E-state index in [9.17, 15) is 13.6 Å². The van der Waals surface area contributed by atoms with Gasteiger partial charge in [0, 0.05) is 25.8 Å². The number of methoxy groups -OCH3 is 1. The van der Waals surface area contributed by atoms with Crippen LogP contribution in [0, 0.1) is 17.6 Å². The second kappa shape index (κ2) is 6.10. The normalized spacial score (nSPS) is 30.1. The molecule has 0 aromatic heterocycles. The molecule has 6 nitrogen and oxygen atoms in total. The van der Waals surface area contributed by atoms with Gasteiger partial charge in [-0.2, -0.15) is 0 Å². The molecule has 8 heteroatoms. The second-order valence-corrected chi connectivity index (χ2v) is 6.09. The van der Waals surface area contributed by atoms with Crippen molar-refractivity contribution in [2.45, 2.75) is 18.1 Å². The van der Waals surface area contributed by atoms with Crippen LogP contribution in [0.15, 0.2) is 23.2 Å². The molecule has 2 aliphatic heterocycles. The first kappa shape index (κ1) is 16.8. The summed E-state index contributed by atoms with van der Waals surface area (Å²) in [6, 6.07) is 3.21. The predicted octanol–water partition coefficient (Wildman–Crippen LogP) is 0.998.